The van der Waals surface area contributed by atoms with Crippen LogP contribution in [0.15, 0.2) is 30.3 Å². The summed E-state index contributed by atoms with van der Waals surface area (Å²) in [5.74, 6) is 0. The molecule has 84 valence electrons. The molecule has 0 aliphatic heterocycles. The lowest BCUT2D eigenvalue weighted by molar-refractivity contribution is -0.0494. The maximum absolute atomic E-state index is 6.00. The van der Waals surface area contributed by atoms with Crippen LogP contribution in [0.4, 0.5) is 0 Å². The fourth-order valence-corrected chi connectivity index (χ4v) is 1.31. The van der Waals surface area contributed by atoms with Crippen molar-refractivity contribution in [2.45, 2.75) is 46.8 Å². The number of hydrogen-bond donors (Lipinski definition) is 0. The predicted molar refractivity (Wildman–Crippen MR) is 64.9 cm³/mol. The highest BCUT2D eigenvalue weighted by atomic mass is 16.5. The molecule has 1 aromatic rings. The molecule has 0 radical (unpaired) electrons. The van der Waals surface area contributed by atoms with E-state index in [0.29, 0.717) is 0 Å². The minimum atomic E-state index is 0.167. The van der Waals surface area contributed by atoms with Crippen molar-refractivity contribution in [2.75, 3.05) is 0 Å². The third-order valence-corrected chi connectivity index (χ3v) is 2.90. The van der Waals surface area contributed by atoms with E-state index in [1.54, 1.807) is 0 Å². The Morgan fingerprint density at radius 3 is 2.00 bits per heavy atom. The second-order valence-corrected chi connectivity index (χ2v) is 5.20. The zero-order valence-electron chi connectivity index (χ0n) is 10.4. The quantitative estimate of drug-likeness (QED) is 0.720. The van der Waals surface area contributed by atoms with Gasteiger partial charge in [-0.25, -0.2) is 0 Å². The molecule has 0 N–H and O–H groups in total. The fourth-order valence-electron chi connectivity index (χ4n) is 1.31. The topological polar surface area (TPSA) is 9.23 Å². The first-order valence-corrected chi connectivity index (χ1v) is 5.61. The molecule has 0 saturated heterocycles. The first-order valence-electron chi connectivity index (χ1n) is 5.61. The summed E-state index contributed by atoms with van der Waals surface area (Å²) in [5, 5.41) is 0. The van der Waals surface area contributed by atoms with Crippen molar-refractivity contribution in [1.29, 1.82) is 0 Å². The summed E-state index contributed by atoms with van der Waals surface area (Å²) in [6, 6.07) is 10.4. The average molecular weight is 206 g/mol. The second-order valence-electron chi connectivity index (χ2n) is 5.20. The number of rotatable bonds is 3. The second kappa shape index (κ2) is 4.80. The van der Waals surface area contributed by atoms with Crippen molar-refractivity contribution in [1.82, 2.24) is 0 Å². The van der Waals surface area contributed by atoms with Crippen molar-refractivity contribution in [2.24, 2.45) is 5.41 Å². The van der Waals surface area contributed by atoms with Gasteiger partial charge in [0.25, 0.3) is 0 Å². The van der Waals surface area contributed by atoms with Gasteiger partial charge in [0, 0.05) is 0 Å². The Morgan fingerprint density at radius 2 is 1.53 bits per heavy atom. The van der Waals surface area contributed by atoms with E-state index in [4.69, 9.17) is 4.74 Å². The van der Waals surface area contributed by atoms with Gasteiger partial charge in [-0.05, 0) is 24.8 Å². The third kappa shape index (κ3) is 3.67. The summed E-state index contributed by atoms with van der Waals surface area (Å²) in [7, 11) is 0. The molecule has 0 fully saturated rings. The molecule has 0 aliphatic carbocycles. The van der Waals surface area contributed by atoms with Gasteiger partial charge in [-0.2, -0.15) is 0 Å². The molecule has 2 unspecified atom stereocenters. The molecule has 0 aromatic heterocycles. The Bertz CT molecular complexity index is 284. The van der Waals surface area contributed by atoms with Crippen molar-refractivity contribution >= 4 is 0 Å². The SMILES string of the molecule is CC(OC(C)C(C)(C)C)c1ccccc1. The lowest BCUT2D eigenvalue weighted by atomic mass is 9.90. The Morgan fingerprint density at radius 1 is 1.00 bits per heavy atom. The van der Waals surface area contributed by atoms with Crippen LogP contribution >= 0.6 is 0 Å². The van der Waals surface area contributed by atoms with Crippen LogP contribution < -0.4 is 0 Å². The molecule has 1 nitrogen and oxygen atoms in total. The number of ether oxygens (including phenoxy) is 1. The maximum atomic E-state index is 6.00. The Kier molecular flexibility index (Phi) is 3.92. The average Bonchev–Trinajstić information content (AvgIpc) is 2.17. The maximum Gasteiger partial charge on any atom is 0.0800 e. The monoisotopic (exact) mass is 206 g/mol. The molecule has 1 heteroatoms. The molecular weight excluding hydrogens is 184 g/mol. The van der Waals surface area contributed by atoms with E-state index < -0.39 is 0 Å². The molecule has 0 spiro atoms. The van der Waals surface area contributed by atoms with Gasteiger partial charge in [-0.15, -0.1) is 0 Å². The van der Waals surface area contributed by atoms with Crippen LogP contribution in [0, 0.1) is 5.41 Å². The first kappa shape index (κ1) is 12.3. The molecule has 0 saturated carbocycles. The highest BCUT2D eigenvalue weighted by Gasteiger charge is 2.22. The molecule has 0 heterocycles. The summed E-state index contributed by atoms with van der Waals surface area (Å²) in [6.45, 7) is 10.9. The molecule has 0 aliphatic rings. The fraction of sp³-hybridized carbons (Fsp3) is 0.571. The van der Waals surface area contributed by atoms with E-state index in [1.165, 1.54) is 5.56 Å². The van der Waals surface area contributed by atoms with Gasteiger partial charge >= 0.3 is 0 Å². The summed E-state index contributed by atoms with van der Waals surface area (Å²) >= 11 is 0. The van der Waals surface area contributed by atoms with Crippen LogP contribution in [0.5, 0.6) is 0 Å². The minimum absolute atomic E-state index is 0.167. The van der Waals surface area contributed by atoms with Crippen LogP contribution in [-0.4, -0.2) is 6.10 Å². The molecule has 0 amide bonds. The van der Waals surface area contributed by atoms with E-state index >= 15 is 0 Å². The largest absolute Gasteiger partial charge is 0.370 e. The van der Waals surface area contributed by atoms with Gasteiger partial charge in [0.05, 0.1) is 12.2 Å². The van der Waals surface area contributed by atoms with Crippen molar-refractivity contribution in [3.63, 3.8) is 0 Å². The predicted octanol–water partition coefficient (Wildman–Crippen LogP) is 4.20. The molecule has 0 bridgehead atoms. The van der Waals surface area contributed by atoms with E-state index in [2.05, 4.69) is 58.9 Å². The summed E-state index contributed by atoms with van der Waals surface area (Å²) < 4.78 is 6.00. The van der Waals surface area contributed by atoms with E-state index in [1.807, 2.05) is 6.07 Å². The summed E-state index contributed by atoms with van der Waals surface area (Å²) in [5.41, 5.74) is 1.44. The van der Waals surface area contributed by atoms with Crippen molar-refractivity contribution in [3.8, 4) is 0 Å². The van der Waals surface area contributed by atoms with Crippen LogP contribution in [0.25, 0.3) is 0 Å². The highest BCUT2D eigenvalue weighted by molar-refractivity contribution is 5.16. The highest BCUT2D eigenvalue weighted by Crippen LogP contribution is 2.27. The zero-order chi connectivity index (χ0) is 11.5. The van der Waals surface area contributed by atoms with E-state index in [-0.39, 0.29) is 17.6 Å². The Balaban J connectivity index is 2.61. The summed E-state index contributed by atoms with van der Waals surface area (Å²) in [4.78, 5) is 0. The Hall–Kier alpha value is -0.820. The lowest BCUT2D eigenvalue weighted by Gasteiger charge is -2.30. The van der Waals surface area contributed by atoms with Crippen LogP contribution in [-0.2, 0) is 4.74 Å². The van der Waals surface area contributed by atoms with Crippen LogP contribution in [0.1, 0.15) is 46.3 Å². The van der Waals surface area contributed by atoms with Gasteiger partial charge in [-0.3, -0.25) is 0 Å². The van der Waals surface area contributed by atoms with Gasteiger partial charge in [0.1, 0.15) is 0 Å². The van der Waals surface area contributed by atoms with Crippen LogP contribution in [0.2, 0.25) is 0 Å². The minimum Gasteiger partial charge on any atom is -0.370 e. The smallest absolute Gasteiger partial charge is 0.0800 e. The molecule has 2 atom stereocenters. The zero-order valence-corrected chi connectivity index (χ0v) is 10.4. The summed E-state index contributed by atoms with van der Waals surface area (Å²) in [6.07, 6.45) is 0.424. The molecule has 1 aromatic carbocycles. The third-order valence-electron chi connectivity index (χ3n) is 2.90. The number of hydrogen-bond acceptors (Lipinski definition) is 1. The van der Waals surface area contributed by atoms with Gasteiger partial charge in [-0.1, -0.05) is 51.1 Å². The van der Waals surface area contributed by atoms with E-state index in [9.17, 15) is 0 Å². The Labute approximate surface area is 93.5 Å². The van der Waals surface area contributed by atoms with E-state index in [0.717, 1.165) is 0 Å². The van der Waals surface area contributed by atoms with Gasteiger partial charge in [0.15, 0.2) is 0 Å². The first-order chi connectivity index (χ1) is 6.91. The number of benzene rings is 1. The standard InChI is InChI=1S/C14H22O/c1-11(13-9-7-6-8-10-13)15-12(2)14(3,4)5/h6-12H,1-5H3. The van der Waals surface area contributed by atoms with Gasteiger partial charge in [0.2, 0.25) is 0 Å². The normalized spacial score (nSPS) is 16.1. The van der Waals surface area contributed by atoms with Crippen molar-refractivity contribution in [3.05, 3.63) is 35.9 Å². The van der Waals surface area contributed by atoms with Crippen molar-refractivity contribution < 1.29 is 4.74 Å². The molecule has 1 rings (SSSR count). The lowest BCUT2D eigenvalue weighted by Crippen LogP contribution is -2.27. The van der Waals surface area contributed by atoms with Crippen LogP contribution in [0.3, 0.4) is 0 Å². The molecular formula is C14H22O. The molecule has 15 heavy (non-hydrogen) atoms. The van der Waals surface area contributed by atoms with Gasteiger partial charge < -0.3 is 4.74 Å².